The fourth-order valence-corrected chi connectivity index (χ4v) is 2.79. The van der Waals surface area contributed by atoms with Crippen molar-refractivity contribution in [3.63, 3.8) is 0 Å². The number of amides is 1. The Hall–Kier alpha value is -0.580. The Balaban J connectivity index is 2.46. The monoisotopic (exact) mass is 288 g/mol. The summed E-state index contributed by atoms with van der Waals surface area (Å²) in [6.07, 6.45) is 0.834. The molecule has 0 bridgehead atoms. The molecule has 0 unspecified atom stereocenters. The van der Waals surface area contributed by atoms with Crippen molar-refractivity contribution in [3.8, 4) is 0 Å². The van der Waals surface area contributed by atoms with E-state index in [0.29, 0.717) is 11.6 Å². The fourth-order valence-electron chi connectivity index (χ4n) is 1.82. The molecule has 0 atom stereocenters. The molecule has 3 nitrogen and oxygen atoms in total. The minimum absolute atomic E-state index is 0.0197. The van der Waals surface area contributed by atoms with Gasteiger partial charge in [-0.3, -0.25) is 4.79 Å². The maximum atomic E-state index is 11.5. The van der Waals surface area contributed by atoms with E-state index in [-0.39, 0.29) is 12.5 Å². The van der Waals surface area contributed by atoms with Crippen LogP contribution in [0.2, 0.25) is 5.02 Å². The van der Waals surface area contributed by atoms with Crippen molar-refractivity contribution in [2.45, 2.75) is 6.42 Å². The largest absolute Gasteiger partial charge is 0.322 e. The molecule has 1 aliphatic heterocycles. The zero-order valence-electron chi connectivity index (χ0n) is 7.96. The molecule has 0 aromatic heterocycles. The highest BCUT2D eigenvalue weighted by Gasteiger charge is 2.26. The molecule has 2 rings (SSSR count). The lowest BCUT2D eigenvalue weighted by Crippen LogP contribution is -2.34. The number of benzene rings is 1. The molecule has 0 saturated carbocycles. The Morgan fingerprint density at radius 1 is 1.60 bits per heavy atom. The summed E-state index contributed by atoms with van der Waals surface area (Å²) >= 11 is 9.48. The molecule has 2 N–H and O–H groups in total. The van der Waals surface area contributed by atoms with Gasteiger partial charge in [-0.2, -0.15) is 0 Å². The van der Waals surface area contributed by atoms with Crippen molar-refractivity contribution in [2.24, 2.45) is 5.73 Å². The van der Waals surface area contributed by atoms with Crippen LogP contribution in [-0.4, -0.2) is 19.0 Å². The van der Waals surface area contributed by atoms with Gasteiger partial charge in [-0.25, -0.2) is 0 Å². The number of hydrogen-bond acceptors (Lipinski definition) is 2. The molecular weight excluding hydrogens is 279 g/mol. The molecule has 1 heterocycles. The minimum Gasteiger partial charge on any atom is -0.322 e. The van der Waals surface area contributed by atoms with Crippen LogP contribution < -0.4 is 10.6 Å². The second-order valence-corrected chi connectivity index (χ2v) is 4.72. The van der Waals surface area contributed by atoms with Crippen LogP contribution in [0.15, 0.2) is 16.6 Å². The van der Waals surface area contributed by atoms with Crippen LogP contribution >= 0.6 is 27.5 Å². The van der Waals surface area contributed by atoms with Crippen LogP contribution in [0.25, 0.3) is 0 Å². The van der Waals surface area contributed by atoms with Crippen LogP contribution in [0.1, 0.15) is 5.56 Å². The standard InChI is InChI=1S/C10H10BrClN2O/c11-7-3-6-1-2-14(9(15)5-13)10(6)8(12)4-7/h3-4H,1-2,5,13H2. The maximum Gasteiger partial charge on any atom is 0.240 e. The number of carbonyl (C=O) groups excluding carboxylic acids is 1. The first-order valence-electron chi connectivity index (χ1n) is 4.62. The van der Waals surface area contributed by atoms with Crippen molar-refractivity contribution in [2.75, 3.05) is 18.0 Å². The summed E-state index contributed by atoms with van der Waals surface area (Å²) in [6, 6.07) is 3.79. The average molecular weight is 290 g/mol. The van der Waals surface area contributed by atoms with Crippen molar-refractivity contribution in [3.05, 3.63) is 27.2 Å². The Bertz CT molecular complexity index is 422. The summed E-state index contributed by atoms with van der Waals surface area (Å²) in [6.45, 7) is 0.688. The van der Waals surface area contributed by atoms with Crippen LogP contribution in [0.4, 0.5) is 5.69 Å². The zero-order chi connectivity index (χ0) is 11.0. The van der Waals surface area contributed by atoms with Gasteiger partial charge in [-0.1, -0.05) is 27.5 Å². The number of nitrogens with zero attached hydrogens (tertiary/aromatic N) is 1. The molecule has 0 fully saturated rings. The lowest BCUT2D eigenvalue weighted by molar-refractivity contribution is -0.117. The van der Waals surface area contributed by atoms with E-state index in [0.717, 1.165) is 22.1 Å². The van der Waals surface area contributed by atoms with Crippen molar-refractivity contribution >= 4 is 39.1 Å². The number of fused-ring (bicyclic) bond motifs is 1. The summed E-state index contributed by atoms with van der Waals surface area (Å²) in [4.78, 5) is 13.2. The molecule has 1 amide bonds. The number of nitrogens with two attached hydrogens (primary N) is 1. The first-order chi connectivity index (χ1) is 7.13. The SMILES string of the molecule is NCC(=O)N1CCc2cc(Br)cc(Cl)c21. The van der Waals surface area contributed by atoms with Gasteiger partial charge in [0.1, 0.15) is 0 Å². The zero-order valence-corrected chi connectivity index (χ0v) is 10.3. The van der Waals surface area contributed by atoms with E-state index in [9.17, 15) is 4.79 Å². The number of anilines is 1. The summed E-state index contributed by atoms with van der Waals surface area (Å²) in [7, 11) is 0. The van der Waals surface area contributed by atoms with E-state index in [1.54, 1.807) is 11.0 Å². The van der Waals surface area contributed by atoms with Gasteiger partial charge in [0.2, 0.25) is 5.91 Å². The van der Waals surface area contributed by atoms with E-state index in [4.69, 9.17) is 17.3 Å². The third-order valence-electron chi connectivity index (χ3n) is 2.46. The third kappa shape index (κ3) is 1.89. The normalized spacial score (nSPS) is 14.2. The lowest BCUT2D eigenvalue weighted by atomic mass is 10.2. The Kier molecular flexibility index (Phi) is 3.00. The maximum absolute atomic E-state index is 11.5. The highest BCUT2D eigenvalue weighted by atomic mass is 79.9. The summed E-state index contributed by atoms with van der Waals surface area (Å²) in [5.74, 6) is -0.0852. The Morgan fingerprint density at radius 2 is 2.33 bits per heavy atom. The molecular formula is C10H10BrClN2O. The van der Waals surface area contributed by atoms with Crippen LogP contribution in [-0.2, 0) is 11.2 Å². The van der Waals surface area contributed by atoms with Crippen LogP contribution in [0.3, 0.4) is 0 Å². The van der Waals surface area contributed by atoms with Crippen molar-refractivity contribution < 1.29 is 4.79 Å². The van der Waals surface area contributed by atoms with E-state index >= 15 is 0 Å². The van der Waals surface area contributed by atoms with E-state index < -0.39 is 0 Å². The summed E-state index contributed by atoms with van der Waals surface area (Å²) < 4.78 is 0.938. The number of rotatable bonds is 1. The van der Waals surface area contributed by atoms with Gasteiger partial charge in [-0.15, -0.1) is 0 Å². The first kappa shape index (κ1) is 10.9. The van der Waals surface area contributed by atoms with Crippen LogP contribution in [0.5, 0.6) is 0 Å². The van der Waals surface area contributed by atoms with E-state index in [2.05, 4.69) is 15.9 Å². The Morgan fingerprint density at radius 3 is 3.00 bits per heavy atom. The second-order valence-electron chi connectivity index (χ2n) is 3.39. The summed E-state index contributed by atoms with van der Waals surface area (Å²) in [5, 5.41) is 0.596. The number of hydrogen-bond donors (Lipinski definition) is 1. The third-order valence-corrected chi connectivity index (χ3v) is 3.20. The smallest absolute Gasteiger partial charge is 0.240 e. The number of carbonyl (C=O) groups is 1. The van der Waals surface area contributed by atoms with Gasteiger partial charge in [0.15, 0.2) is 0 Å². The second kappa shape index (κ2) is 4.12. The predicted molar refractivity (Wildman–Crippen MR) is 64.3 cm³/mol. The molecule has 1 aliphatic rings. The van der Waals surface area contributed by atoms with Gasteiger partial charge in [0, 0.05) is 11.0 Å². The topological polar surface area (TPSA) is 46.3 Å². The quantitative estimate of drug-likeness (QED) is 0.859. The average Bonchev–Trinajstić information content (AvgIpc) is 2.60. The van der Waals surface area contributed by atoms with Crippen molar-refractivity contribution in [1.82, 2.24) is 0 Å². The molecule has 80 valence electrons. The van der Waals surface area contributed by atoms with Crippen molar-refractivity contribution in [1.29, 1.82) is 0 Å². The molecule has 0 saturated heterocycles. The highest BCUT2D eigenvalue weighted by molar-refractivity contribution is 9.10. The molecule has 5 heteroatoms. The predicted octanol–water partition coefficient (Wildman–Crippen LogP) is 1.95. The van der Waals surface area contributed by atoms with Gasteiger partial charge < -0.3 is 10.6 Å². The molecule has 1 aromatic carbocycles. The van der Waals surface area contributed by atoms with Gasteiger partial charge >= 0.3 is 0 Å². The number of halogens is 2. The van der Waals surface area contributed by atoms with Gasteiger partial charge in [-0.05, 0) is 24.1 Å². The minimum atomic E-state index is -0.0852. The molecule has 15 heavy (non-hydrogen) atoms. The molecule has 0 aliphatic carbocycles. The van der Waals surface area contributed by atoms with Gasteiger partial charge in [0.25, 0.3) is 0 Å². The fraction of sp³-hybridized carbons (Fsp3) is 0.300. The first-order valence-corrected chi connectivity index (χ1v) is 5.79. The van der Waals surface area contributed by atoms with E-state index in [1.807, 2.05) is 6.07 Å². The summed E-state index contributed by atoms with van der Waals surface area (Å²) in [5.41, 5.74) is 7.25. The molecule has 0 spiro atoms. The van der Waals surface area contributed by atoms with Gasteiger partial charge in [0.05, 0.1) is 17.3 Å². The highest BCUT2D eigenvalue weighted by Crippen LogP contribution is 2.37. The Labute approximate surface area is 101 Å². The van der Waals surface area contributed by atoms with Crippen LogP contribution in [0, 0.1) is 0 Å². The molecule has 0 radical (unpaired) electrons. The molecule has 1 aromatic rings. The van der Waals surface area contributed by atoms with E-state index in [1.165, 1.54) is 0 Å². The lowest BCUT2D eigenvalue weighted by Gasteiger charge is -2.17.